The molecule has 2 aromatic heterocycles. The Balaban J connectivity index is 1.49. The fourth-order valence-corrected chi connectivity index (χ4v) is 4.04. The number of hydrogen-bond donors (Lipinski definition) is 2. The Hall–Kier alpha value is -2.89. The van der Waals surface area contributed by atoms with E-state index in [0.717, 1.165) is 59.8 Å². The highest BCUT2D eigenvalue weighted by Crippen LogP contribution is 2.33. The average molecular weight is 404 g/mol. The summed E-state index contributed by atoms with van der Waals surface area (Å²) in [6, 6.07) is 18.7. The van der Waals surface area contributed by atoms with E-state index in [0.29, 0.717) is 19.0 Å². The molecule has 0 saturated heterocycles. The Kier molecular flexibility index (Phi) is 6.62. The van der Waals surface area contributed by atoms with E-state index in [-0.39, 0.29) is 0 Å². The van der Waals surface area contributed by atoms with Crippen LogP contribution in [0.4, 0.5) is 5.82 Å². The average Bonchev–Trinajstić information content (AvgIpc) is 3.15. The zero-order valence-corrected chi connectivity index (χ0v) is 17.5. The van der Waals surface area contributed by atoms with Crippen LogP contribution in [0.2, 0.25) is 0 Å². The number of methoxy groups -OCH3 is 1. The second-order valence-electron chi connectivity index (χ2n) is 7.54. The summed E-state index contributed by atoms with van der Waals surface area (Å²) < 4.78 is 11.3. The minimum Gasteiger partial charge on any atom is -0.384 e. The lowest BCUT2D eigenvalue weighted by molar-refractivity contribution is 0.135. The molecule has 5 nitrogen and oxygen atoms in total. The SMILES string of the molecule is COCCc1[nH]c2c(N)nc3ccccc3c2c1CCOCCCc1ccccc1. The number of benzene rings is 2. The van der Waals surface area contributed by atoms with Gasteiger partial charge in [0.25, 0.3) is 0 Å². The van der Waals surface area contributed by atoms with E-state index >= 15 is 0 Å². The van der Waals surface area contributed by atoms with Crippen LogP contribution in [0.15, 0.2) is 54.6 Å². The molecule has 0 aliphatic carbocycles. The molecule has 0 amide bonds. The van der Waals surface area contributed by atoms with Crippen LogP contribution >= 0.6 is 0 Å². The van der Waals surface area contributed by atoms with Crippen molar-refractivity contribution in [3.8, 4) is 0 Å². The second-order valence-corrected chi connectivity index (χ2v) is 7.54. The first-order valence-corrected chi connectivity index (χ1v) is 10.6. The number of hydrogen-bond acceptors (Lipinski definition) is 4. The Morgan fingerprint density at radius 1 is 0.900 bits per heavy atom. The van der Waals surface area contributed by atoms with Gasteiger partial charge >= 0.3 is 0 Å². The molecule has 0 radical (unpaired) electrons. The molecule has 4 aromatic rings. The smallest absolute Gasteiger partial charge is 0.148 e. The van der Waals surface area contributed by atoms with Crippen molar-refractivity contribution in [2.45, 2.75) is 25.7 Å². The number of nitrogens with zero attached hydrogens (tertiary/aromatic N) is 1. The minimum atomic E-state index is 0.539. The van der Waals surface area contributed by atoms with Gasteiger partial charge in [-0.1, -0.05) is 48.5 Å². The third-order valence-corrected chi connectivity index (χ3v) is 5.51. The van der Waals surface area contributed by atoms with Crippen molar-refractivity contribution in [1.82, 2.24) is 9.97 Å². The van der Waals surface area contributed by atoms with Gasteiger partial charge in [-0.15, -0.1) is 0 Å². The number of ether oxygens (including phenoxy) is 2. The molecule has 2 aromatic carbocycles. The third kappa shape index (κ3) is 4.48. The van der Waals surface area contributed by atoms with Crippen molar-refractivity contribution in [3.63, 3.8) is 0 Å². The van der Waals surface area contributed by atoms with E-state index in [9.17, 15) is 0 Å². The highest BCUT2D eigenvalue weighted by Gasteiger charge is 2.17. The number of pyridine rings is 1. The molecule has 0 aliphatic rings. The summed E-state index contributed by atoms with van der Waals surface area (Å²) in [5.74, 6) is 0.539. The van der Waals surface area contributed by atoms with Crippen molar-refractivity contribution in [1.29, 1.82) is 0 Å². The highest BCUT2D eigenvalue weighted by molar-refractivity contribution is 6.10. The highest BCUT2D eigenvalue weighted by atomic mass is 16.5. The number of nitrogen functional groups attached to an aromatic ring is 1. The molecule has 0 fully saturated rings. The molecule has 2 heterocycles. The summed E-state index contributed by atoms with van der Waals surface area (Å²) in [5.41, 5.74) is 11.9. The second kappa shape index (κ2) is 9.74. The fourth-order valence-electron chi connectivity index (χ4n) is 4.04. The number of H-pyrrole nitrogens is 1. The summed E-state index contributed by atoms with van der Waals surface area (Å²) in [4.78, 5) is 8.08. The standard InChI is InChI=1S/C25H29N3O2/c1-29-16-14-22-20(13-17-30-15-7-10-18-8-3-2-4-9-18)23-19-11-5-6-12-21(19)28-25(26)24(23)27-22/h2-6,8-9,11-12,27H,7,10,13-17H2,1H3,(H2,26,28). The molecule has 30 heavy (non-hydrogen) atoms. The summed E-state index contributed by atoms with van der Waals surface area (Å²) in [6.07, 6.45) is 3.70. The molecular weight excluding hydrogens is 374 g/mol. The van der Waals surface area contributed by atoms with Crippen LogP contribution in [0.1, 0.15) is 23.2 Å². The van der Waals surface area contributed by atoms with Crippen LogP contribution in [0.25, 0.3) is 21.8 Å². The number of para-hydroxylation sites is 1. The maximum absolute atomic E-state index is 6.28. The van der Waals surface area contributed by atoms with E-state index in [4.69, 9.17) is 15.2 Å². The molecule has 5 heteroatoms. The summed E-state index contributed by atoms with van der Waals surface area (Å²) in [7, 11) is 1.73. The van der Waals surface area contributed by atoms with Gasteiger partial charge < -0.3 is 20.2 Å². The number of aromatic amines is 1. The van der Waals surface area contributed by atoms with E-state index in [1.54, 1.807) is 7.11 Å². The van der Waals surface area contributed by atoms with Crippen LogP contribution in [-0.2, 0) is 28.7 Å². The van der Waals surface area contributed by atoms with E-state index in [2.05, 4.69) is 40.3 Å². The number of fused-ring (bicyclic) bond motifs is 3. The minimum absolute atomic E-state index is 0.539. The van der Waals surface area contributed by atoms with Crippen molar-refractivity contribution in [2.24, 2.45) is 0 Å². The van der Waals surface area contributed by atoms with Gasteiger partial charge in [0.15, 0.2) is 0 Å². The predicted octanol–water partition coefficient (Wildman–Crippen LogP) is 4.68. The zero-order valence-electron chi connectivity index (χ0n) is 17.5. The molecule has 0 bridgehead atoms. The number of anilines is 1. The van der Waals surface area contributed by atoms with Gasteiger partial charge in [-0.2, -0.15) is 0 Å². The normalized spacial score (nSPS) is 11.5. The lowest BCUT2D eigenvalue weighted by Gasteiger charge is -2.08. The Morgan fingerprint density at radius 3 is 2.53 bits per heavy atom. The maximum atomic E-state index is 6.28. The number of aromatic nitrogens is 2. The number of nitrogens with two attached hydrogens (primary N) is 1. The summed E-state index contributed by atoms with van der Waals surface area (Å²) in [6.45, 7) is 2.09. The van der Waals surface area contributed by atoms with E-state index in [1.165, 1.54) is 11.1 Å². The molecular formula is C25H29N3O2. The molecule has 0 saturated carbocycles. The Morgan fingerprint density at radius 2 is 1.70 bits per heavy atom. The first kappa shape index (κ1) is 20.4. The van der Waals surface area contributed by atoms with Gasteiger partial charge in [0.05, 0.1) is 24.2 Å². The van der Waals surface area contributed by atoms with Crippen molar-refractivity contribution < 1.29 is 9.47 Å². The van der Waals surface area contributed by atoms with Gasteiger partial charge in [-0.05, 0) is 36.5 Å². The monoisotopic (exact) mass is 403 g/mol. The van der Waals surface area contributed by atoms with Gasteiger partial charge in [0.2, 0.25) is 0 Å². The van der Waals surface area contributed by atoms with Crippen molar-refractivity contribution in [3.05, 3.63) is 71.4 Å². The number of nitrogens with one attached hydrogen (secondary N) is 1. The maximum Gasteiger partial charge on any atom is 0.148 e. The molecule has 0 aliphatic heterocycles. The molecule has 0 atom stereocenters. The van der Waals surface area contributed by atoms with Crippen LogP contribution in [0.3, 0.4) is 0 Å². The van der Waals surface area contributed by atoms with Gasteiger partial charge in [-0.3, -0.25) is 0 Å². The van der Waals surface area contributed by atoms with Crippen LogP contribution in [0.5, 0.6) is 0 Å². The quantitative estimate of drug-likeness (QED) is 0.377. The van der Waals surface area contributed by atoms with Crippen LogP contribution in [-0.4, -0.2) is 36.9 Å². The van der Waals surface area contributed by atoms with E-state index in [1.807, 2.05) is 24.3 Å². The van der Waals surface area contributed by atoms with Crippen LogP contribution in [0, 0.1) is 0 Å². The molecule has 156 valence electrons. The molecule has 0 spiro atoms. The Bertz CT molecular complexity index is 1110. The van der Waals surface area contributed by atoms with Gasteiger partial charge in [-0.25, -0.2) is 4.98 Å². The first-order chi connectivity index (χ1) is 14.8. The lowest BCUT2D eigenvalue weighted by Crippen LogP contribution is -2.04. The number of rotatable bonds is 10. The van der Waals surface area contributed by atoms with E-state index < -0.39 is 0 Å². The predicted molar refractivity (Wildman–Crippen MR) is 123 cm³/mol. The lowest BCUT2D eigenvalue weighted by atomic mass is 10.0. The summed E-state index contributed by atoms with van der Waals surface area (Å²) in [5, 5.41) is 2.29. The van der Waals surface area contributed by atoms with Crippen molar-refractivity contribution >= 4 is 27.6 Å². The van der Waals surface area contributed by atoms with Crippen molar-refractivity contribution in [2.75, 3.05) is 32.7 Å². The largest absolute Gasteiger partial charge is 0.384 e. The van der Waals surface area contributed by atoms with Crippen LogP contribution < -0.4 is 5.73 Å². The van der Waals surface area contributed by atoms with Gasteiger partial charge in [0, 0.05) is 36.6 Å². The molecule has 3 N–H and O–H groups in total. The first-order valence-electron chi connectivity index (χ1n) is 10.6. The third-order valence-electron chi connectivity index (χ3n) is 5.51. The Labute approximate surface area is 177 Å². The molecule has 0 unspecified atom stereocenters. The zero-order chi connectivity index (χ0) is 20.8. The summed E-state index contributed by atoms with van der Waals surface area (Å²) >= 11 is 0. The number of aryl methyl sites for hydroxylation is 1. The molecule has 4 rings (SSSR count). The van der Waals surface area contributed by atoms with Gasteiger partial charge in [0.1, 0.15) is 5.82 Å². The fraction of sp³-hybridized carbons (Fsp3) is 0.320. The topological polar surface area (TPSA) is 73.2 Å².